The third-order valence-corrected chi connectivity index (χ3v) is 4.96. The Bertz CT molecular complexity index is 1190. The van der Waals surface area contributed by atoms with E-state index in [0.717, 1.165) is 16.7 Å². The van der Waals surface area contributed by atoms with Crippen molar-refractivity contribution in [3.8, 4) is 0 Å². The molecule has 29 heavy (non-hydrogen) atoms. The topological polar surface area (TPSA) is 64.2 Å². The zero-order valence-corrected chi connectivity index (χ0v) is 16.6. The average Bonchev–Trinajstić information content (AvgIpc) is 3.30. The van der Waals surface area contributed by atoms with Crippen LogP contribution in [0, 0.1) is 6.92 Å². The van der Waals surface area contributed by atoms with Crippen LogP contribution in [-0.2, 0) is 17.9 Å². The number of nitrogens with zero attached hydrogens (tertiary/aromatic N) is 1. The molecule has 6 heteroatoms. The van der Waals surface area contributed by atoms with Gasteiger partial charge in [0, 0.05) is 33.2 Å². The summed E-state index contributed by atoms with van der Waals surface area (Å²) in [7, 11) is 0. The fraction of sp³-hybridized carbons (Fsp3) is 0.130. The summed E-state index contributed by atoms with van der Waals surface area (Å²) >= 11 is 5.93. The molecular formula is C23H19ClN2O3. The number of carbonyl (C=O) groups excluding carboxylic acids is 2. The maximum atomic E-state index is 13.0. The lowest BCUT2D eigenvalue weighted by atomic mass is 10.0. The van der Waals surface area contributed by atoms with Crippen LogP contribution in [0.5, 0.6) is 0 Å². The van der Waals surface area contributed by atoms with Crippen molar-refractivity contribution in [3.05, 3.63) is 94.5 Å². The molecule has 0 aliphatic carbocycles. The number of aromatic nitrogens is 1. The van der Waals surface area contributed by atoms with E-state index in [-0.39, 0.29) is 18.2 Å². The maximum Gasteiger partial charge on any atom is 0.240 e. The number of fused-ring (bicyclic) bond motifs is 1. The molecule has 0 saturated carbocycles. The zero-order valence-electron chi connectivity index (χ0n) is 15.8. The van der Waals surface area contributed by atoms with Crippen molar-refractivity contribution >= 4 is 34.2 Å². The van der Waals surface area contributed by atoms with Crippen LogP contribution in [0.15, 0.2) is 71.3 Å². The number of para-hydroxylation sites is 1. The standard InChI is InChI=1S/C23H19ClN2O3/c1-15-6-11-18(29-15)12-25-22(27)14-26-13-20(19-4-2-3-5-21(19)26)23(28)16-7-9-17(24)10-8-16/h2-11,13H,12,14H2,1H3,(H,25,27). The van der Waals surface area contributed by atoms with E-state index in [1.165, 1.54) is 0 Å². The third kappa shape index (κ3) is 4.10. The molecule has 0 aliphatic heterocycles. The highest BCUT2D eigenvalue weighted by atomic mass is 35.5. The van der Waals surface area contributed by atoms with Crippen LogP contribution in [0.1, 0.15) is 27.4 Å². The lowest BCUT2D eigenvalue weighted by molar-refractivity contribution is -0.121. The molecule has 0 unspecified atom stereocenters. The van der Waals surface area contributed by atoms with Gasteiger partial charge in [-0.15, -0.1) is 0 Å². The number of aryl methyl sites for hydroxylation is 1. The van der Waals surface area contributed by atoms with Gasteiger partial charge in [-0.1, -0.05) is 29.8 Å². The van der Waals surface area contributed by atoms with Crippen molar-refractivity contribution in [1.29, 1.82) is 0 Å². The number of furan rings is 1. The Hall–Kier alpha value is -3.31. The van der Waals surface area contributed by atoms with Gasteiger partial charge >= 0.3 is 0 Å². The second-order valence-electron chi connectivity index (χ2n) is 6.81. The SMILES string of the molecule is Cc1ccc(CNC(=O)Cn2cc(C(=O)c3ccc(Cl)cc3)c3ccccc32)o1. The Balaban J connectivity index is 1.57. The fourth-order valence-electron chi connectivity index (χ4n) is 3.29. The second-order valence-corrected chi connectivity index (χ2v) is 7.25. The largest absolute Gasteiger partial charge is 0.465 e. The van der Waals surface area contributed by atoms with Crippen LogP contribution in [0.2, 0.25) is 5.02 Å². The quantitative estimate of drug-likeness (QED) is 0.470. The highest BCUT2D eigenvalue weighted by Crippen LogP contribution is 2.24. The highest BCUT2D eigenvalue weighted by molar-refractivity contribution is 6.30. The van der Waals surface area contributed by atoms with Gasteiger partial charge in [0.05, 0.1) is 6.54 Å². The molecule has 5 nitrogen and oxygen atoms in total. The third-order valence-electron chi connectivity index (χ3n) is 4.71. The molecule has 2 aromatic heterocycles. The molecule has 146 valence electrons. The van der Waals surface area contributed by atoms with Crippen LogP contribution in [0.3, 0.4) is 0 Å². The van der Waals surface area contributed by atoms with Crippen LogP contribution in [-0.4, -0.2) is 16.3 Å². The first-order valence-corrected chi connectivity index (χ1v) is 9.59. The maximum absolute atomic E-state index is 13.0. The Morgan fingerprint density at radius 3 is 2.52 bits per heavy atom. The molecule has 1 N–H and O–H groups in total. The minimum atomic E-state index is -0.162. The Morgan fingerprint density at radius 1 is 1.03 bits per heavy atom. The van der Waals surface area contributed by atoms with E-state index in [0.29, 0.717) is 28.5 Å². The number of hydrogen-bond acceptors (Lipinski definition) is 3. The number of nitrogens with one attached hydrogen (secondary N) is 1. The molecule has 2 heterocycles. The van der Waals surface area contributed by atoms with E-state index in [1.54, 1.807) is 35.0 Å². The van der Waals surface area contributed by atoms with Gasteiger partial charge in [-0.3, -0.25) is 9.59 Å². The monoisotopic (exact) mass is 406 g/mol. The minimum Gasteiger partial charge on any atom is -0.465 e. The predicted octanol–water partition coefficient (Wildman–Crippen LogP) is 4.74. The molecule has 1 amide bonds. The Labute approximate surface area is 172 Å². The second kappa shape index (κ2) is 7.97. The summed E-state index contributed by atoms with van der Waals surface area (Å²) in [6, 6.07) is 18.0. The van der Waals surface area contributed by atoms with Gasteiger partial charge in [0.1, 0.15) is 18.1 Å². The summed E-state index contributed by atoms with van der Waals surface area (Å²) < 4.78 is 7.26. The summed E-state index contributed by atoms with van der Waals surface area (Å²) in [6.07, 6.45) is 1.73. The van der Waals surface area contributed by atoms with Gasteiger partial charge in [-0.2, -0.15) is 0 Å². The fourth-order valence-corrected chi connectivity index (χ4v) is 3.42. The van der Waals surface area contributed by atoms with Gasteiger partial charge in [0.2, 0.25) is 5.91 Å². The lowest BCUT2D eigenvalue weighted by Crippen LogP contribution is -2.26. The molecule has 0 fully saturated rings. The Morgan fingerprint density at radius 2 is 1.79 bits per heavy atom. The van der Waals surface area contributed by atoms with Crippen LogP contribution in [0.4, 0.5) is 0 Å². The summed E-state index contributed by atoms with van der Waals surface area (Å²) in [5, 5.41) is 4.23. The van der Waals surface area contributed by atoms with E-state index in [2.05, 4.69) is 5.32 Å². The molecule has 4 aromatic rings. The molecule has 0 radical (unpaired) electrons. The predicted molar refractivity (Wildman–Crippen MR) is 112 cm³/mol. The van der Waals surface area contributed by atoms with Gasteiger partial charge in [0.25, 0.3) is 0 Å². The summed E-state index contributed by atoms with van der Waals surface area (Å²) in [4.78, 5) is 25.5. The molecule has 0 saturated heterocycles. The normalized spacial score (nSPS) is 11.0. The zero-order chi connectivity index (χ0) is 20.4. The number of halogens is 1. The van der Waals surface area contributed by atoms with Gasteiger partial charge in [0.15, 0.2) is 5.78 Å². The van der Waals surface area contributed by atoms with Gasteiger partial charge in [-0.05, 0) is 49.4 Å². The molecule has 0 spiro atoms. The van der Waals surface area contributed by atoms with E-state index in [4.69, 9.17) is 16.0 Å². The van der Waals surface area contributed by atoms with E-state index in [9.17, 15) is 9.59 Å². The minimum absolute atomic E-state index is 0.105. The molecule has 0 atom stereocenters. The average molecular weight is 407 g/mol. The first-order chi connectivity index (χ1) is 14.0. The number of rotatable bonds is 6. The van der Waals surface area contributed by atoms with E-state index < -0.39 is 0 Å². The molecule has 0 aliphatic rings. The number of benzene rings is 2. The summed E-state index contributed by atoms with van der Waals surface area (Å²) in [5.41, 5.74) is 1.93. The molecular weight excluding hydrogens is 388 g/mol. The van der Waals surface area contributed by atoms with Crippen molar-refractivity contribution < 1.29 is 14.0 Å². The molecule has 2 aromatic carbocycles. The highest BCUT2D eigenvalue weighted by Gasteiger charge is 2.17. The smallest absolute Gasteiger partial charge is 0.240 e. The van der Waals surface area contributed by atoms with Crippen LogP contribution < -0.4 is 5.32 Å². The molecule has 0 bridgehead atoms. The number of amides is 1. The number of carbonyl (C=O) groups is 2. The van der Waals surface area contributed by atoms with Gasteiger partial charge < -0.3 is 14.3 Å². The van der Waals surface area contributed by atoms with Crippen molar-refractivity contribution in [2.45, 2.75) is 20.0 Å². The number of ketones is 1. The van der Waals surface area contributed by atoms with Crippen molar-refractivity contribution in [1.82, 2.24) is 9.88 Å². The van der Waals surface area contributed by atoms with E-state index in [1.807, 2.05) is 43.3 Å². The van der Waals surface area contributed by atoms with Crippen molar-refractivity contribution in [2.75, 3.05) is 0 Å². The molecule has 4 rings (SSSR count). The number of hydrogen-bond donors (Lipinski definition) is 1. The van der Waals surface area contributed by atoms with Crippen molar-refractivity contribution in [3.63, 3.8) is 0 Å². The lowest BCUT2D eigenvalue weighted by Gasteiger charge is -2.06. The summed E-state index contributed by atoms with van der Waals surface area (Å²) in [5.74, 6) is 1.23. The first-order valence-electron chi connectivity index (χ1n) is 9.21. The van der Waals surface area contributed by atoms with Gasteiger partial charge in [-0.25, -0.2) is 0 Å². The van der Waals surface area contributed by atoms with E-state index >= 15 is 0 Å². The Kier molecular flexibility index (Phi) is 5.23. The van der Waals surface area contributed by atoms with Crippen molar-refractivity contribution in [2.24, 2.45) is 0 Å². The van der Waals surface area contributed by atoms with Crippen LogP contribution >= 0.6 is 11.6 Å². The first kappa shape index (κ1) is 19.0. The summed E-state index contributed by atoms with van der Waals surface area (Å²) in [6.45, 7) is 2.28. The van der Waals surface area contributed by atoms with Crippen LogP contribution in [0.25, 0.3) is 10.9 Å².